The van der Waals surface area contributed by atoms with Crippen LogP contribution >= 0.6 is 0 Å². The maximum atomic E-state index is 13.6. The normalized spacial score (nSPS) is 11.5. The minimum atomic E-state index is -3.80. The third-order valence-corrected chi connectivity index (χ3v) is 5.81. The van der Waals surface area contributed by atoms with Crippen LogP contribution in [0, 0.1) is 17.5 Å². The van der Waals surface area contributed by atoms with Crippen LogP contribution < -0.4 is 0 Å². The molecule has 26 heavy (non-hydrogen) atoms. The monoisotopic (exact) mass is 376 g/mol. The lowest BCUT2D eigenvalue weighted by Crippen LogP contribution is -2.03. The van der Waals surface area contributed by atoms with E-state index < -0.39 is 27.3 Å². The molecule has 134 valence electrons. The second kappa shape index (κ2) is 7.33. The number of sulfone groups is 1. The van der Waals surface area contributed by atoms with Gasteiger partial charge in [-0.15, -0.1) is 0 Å². The molecule has 0 aliphatic carbocycles. The molecular formula is C20H15F3O2S. The molecule has 2 nitrogen and oxygen atoms in total. The van der Waals surface area contributed by atoms with Crippen molar-refractivity contribution in [1.82, 2.24) is 0 Å². The first-order valence-electron chi connectivity index (χ1n) is 7.90. The maximum Gasteiger partial charge on any atom is 0.206 e. The Morgan fingerprint density at radius 1 is 0.692 bits per heavy atom. The Morgan fingerprint density at radius 3 is 2.04 bits per heavy atom. The van der Waals surface area contributed by atoms with Crippen LogP contribution in [0.15, 0.2) is 76.5 Å². The van der Waals surface area contributed by atoms with E-state index in [-0.39, 0.29) is 9.79 Å². The topological polar surface area (TPSA) is 34.1 Å². The highest BCUT2D eigenvalue weighted by molar-refractivity contribution is 7.91. The van der Waals surface area contributed by atoms with E-state index >= 15 is 0 Å². The summed E-state index contributed by atoms with van der Waals surface area (Å²) in [6.45, 7) is 0. The average molecular weight is 376 g/mol. The molecule has 6 heteroatoms. The van der Waals surface area contributed by atoms with Crippen LogP contribution in [0.3, 0.4) is 0 Å². The van der Waals surface area contributed by atoms with E-state index in [4.69, 9.17) is 0 Å². The molecule has 0 amide bonds. The van der Waals surface area contributed by atoms with Crippen LogP contribution in [-0.4, -0.2) is 8.42 Å². The highest BCUT2D eigenvalue weighted by Gasteiger charge is 2.18. The Morgan fingerprint density at radius 2 is 1.38 bits per heavy atom. The van der Waals surface area contributed by atoms with E-state index in [0.717, 1.165) is 17.7 Å². The lowest BCUT2D eigenvalue weighted by molar-refractivity contribution is 0.571. The molecule has 0 N–H and O–H groups in total. The molecule has 0 saturated carbocycles. The van der Waals surface area contributed by atoms with Gasteiger partial charge in [0.05, 0.1) is 9.79 Å². The third kappa shape index (κ3) is 3.96. The fourth-order valence-electron chi connectivity index (χ4n) is 2.61. The molecule has 0 saturated heterocycles. The van der Waals surface area contributed by atoms with Gasteiger partial charge >= 0.3 is 0 Å². The van der Waals surface area contributed by atoms with Gasteiger partial charge in [-0.25, -0.2) is 21.6 Å². The average Bonchev–Trinajstić information content (AvgIpc) is 2.61. The van der Waals surface area contributed by atoms with Gasteiger partial charge in [0.15, 0.2) is 0 Å². The summed E-state index contributed by atoms with van der Waals surface area (Å²) in [7, 11) is -3.80. The summed E-state index contributed by atoms with van der Waals surface area (Å²) in [6.07, 6.45) is 0.838. The number of halogens is 3. The van der Waals surface area contributed by atoms with Crippen molar-refractivity contribution in [3.63, 3.8) is 0 Å². The van der Waals surface area contributed by atoms with Crippen LogP contribution in [0.1, 0.15) is 11.1 Å². The predicted octanol–water partition coefficient (Wildman–Crippen LogP) is 4.72. The van der Waals surface area contributed by atoms with Gasteiger partial charge in [-0.05, 0) is 60.4 Å². The van der Waals surface area contributed by atoms with Crippen molar-refractivity contribution in [3.8, 4) is 0 Å². The molecule has 3 aromatic carbocycles. The van der Waals surface area contributed by atoms with Gasteiger partial charge in [-0.1, -0.05) is 24.3 Å². The first-order valence-corrected chi connectivity index (χ1v) is 9.38. The zero-order chi connectivity index (χ0) is 18.7. The van der Waals surface area contributed by atoms with Gasteiger partial charge in [0.25, 0.3) is 0 Å². The molecule has 3 rings (SSSR count). The lowest BCUT2D eigenvalue weighted by Gasteiger charge is -2.07. The Balaban J connectivity index is 1.76. The van der Waals surface area contributed by atoms with Crippen LogP contribution in [0.2, 0.25) is 0 Å². The summed E-state index contributed by atoms with van der Waals surface area (Å²) in [6, 6.07) is 14.4. The van der Waals surface area contributed by atoms with E-state index in [2.05, 4.69) is 0 Å². The van der Waals surface area contributed by atoms with E-state index in [1.807, 2.05) is 0 Å². The first kappa shape index (κ1) is 18.2. The summed E-state index contributed by atoms with van der Waals surface area (Å²) in [5.41, 5.74) is 1.20. The Hall–Kier alpha value is -2.60. The second-order valence-electron chi connectivity index (χ2n) is 5.84. The Bertz CT molecular complexity index is 1030. The molecule has 0 bridgehead atoms. The lowest BCUT2D eigenvalue weighted by atomic mass is 10.0. The zero-order valence-electron chi connectivity index (χ0n) is 13.6. The first-order chi connectivity index (χ1) is 12.4. The minimum absolute atomic E-state index is 0.0554. The Kier molecular flexibility index (Phi) is 5.13. The SMILES string of the molecule is O=S(=O)(c1ccc(CCc2ccc(F)cc2F)cc1)c1cccc(F)c1. The molecule has 0 spiro atoms. The van der Waals surface area contributed by atoms with Crippen LogP contribution in [-0.2, 0) is 22.7 Å². The van der Waals surface area contributed by atoms with Crippen molar-refractivity contribution in [1.29, 1.82) is 0 Å². The molecule has 3 aromatic rings. The van der Waals surface area contributed by atoms with Crippen LogP contribution in [0.25, 0.3) is 0 Å². The van der Waals surface area contributed by atoms with Gasteiger partial charge in [-0.3, -0.25) is 0 Å². The van der Waals surface area contributed by atoms with Gasteiger partial charge in [0, 0.05) is 6.07 Å². The van der Waals surface area contributed by atoms with Crippen molar-refractivity contribution in [2.45, 2.75) is 22.6 Å². The van der Waals surface area contributed by atoms with Crippen molar-refractivity contribution in [3.05, 3.63) is 95.3 Å². The molecule has 0 heterocycles. The van der Waals surface area contributed by atoms with Crippen molar-refractivity contribution in [2.75, 3.05) is 0 Å². The van der Waals surface area contributed by atoms with Crippen LogP contribution in [0.4, 0.5) is 13.2 Å². The molecular weight excluding hydrogens is 361 g/mol. The van der Waals surface area contributed by atoms with Gasteiger partial charge in [0.1, 0.15) is 17.5 Å². The molecule has 0 radical (unpaired) electrons. The van der Waals surface area contributed by atoms with Crippen molar-refractivity contribution < 1.29 is 21.6 Å². The number of aryl methyl sites for hydroxylation is 2. The zero-order valence-corrected chi connectivity index (χ0v) is 14.4. The number of hydrogen-bond donors (Lipinski definition) is 0. The standard InChI is InChI=1S/C20H15F3O2S/c21-16-2-1-3-19(12-16)26(24,25)18-10-5-14(6-11-18)4-7-15-8-9-17(22)13-20(15)23/h1-3,5-6,8-13H,4,7H2. The molecule has 0 fully saturated rings. The molecule has 0 aliphatic rings. The number of rotatable bonds is 5. The number of benzene rings is 3. The van der Waals surface area contributed by atoms with E-state index in [9.17, 15) is 21.6 Å². The minimum Gasteiger partial charge on any atom is -0.219 e. The largest absolute Gasteiger partial charge is 0.219 e. The van der Waals surface area contributed by atoms with Crippen molar-refractivity contribution in [2.24, 2.45) is 0 Å². The highest BCUT2D eigenvalue weighted by atomic mass is 32.2. The van der Waals surface area contributed by atoms with Gasteiger partial charge in [0.2, 0.25) is 9.84 Å². The highest BCUT2D eigenvalue weighted by Crippen LogP contribution is 2.22. The van der Waals surface area contributed by atoms with E-state index in [1.54, 1.807) is 12.1 Å². The van der Waals surface area contributed by atoms with Crippen LogP contribution in [0.5, 0.6) is 0 Å². The summed E-state index contributed by atoms with van der Waals surface area (Å²) in [4.78, 5) is -0.0570. The summed E-state index contributed by atoms with van der Waals surface area (Å²) in [5, 5.41) is 0. The summed E-state index contributed by atoms with van der Waals surface area (Å²) in [5.74, 6) is -1.85. The maximum absolute atomic E-state index is 13.6. The molecule has 0 aromatic heterocycles. The fraction of sp³-hybridized carbons (Fsp3) is 0.100. The predicted molar refractivity (Wildman–Crippen MR) is 92.1 cm³/mol. The fourth-order valence-corrected chi connectivity index (χ4v) is 3.90. The Labute approximate surface area is 149 Å². The summed E-state index contributed by atoms with van der Waals surface area (Å²) < 4.78 is 64.8. The molecule has 0 aliphatic heterocycles. The second-order valence-corrected chi connectivity index (χ2v) is 7.79. The van der Waals surface area contributed by atoms with Gasteiger partial charge < -0.3 is 0 Å². The molecule has 0 unspecified atom stereocenters. The van der Waals surface area contributed by atoms with Gasteiger partial charge in [-0.2, -0.15) is 0 Å². The molecule has 0 atom stereocenters. The quantitative estimate of drug-likeness (QED) is 0.646. The van der Waals surface area contributed by atoms with Crippen molar-refractivity contribution >= 4 is 9.84 Å². The van der Waals surface area contributed by atoms with E-state index in [1.165, 1.54) is 42.5 Å². The smallest absolute Gasteiger partial charge is 0.206 e. The summed E-state index contributed by atoms with van der Waals surface area (Å²) >= 11 is 0. The third-order valence-electron chi connectivity index (χ3n) is 4.04. The number of hydrogen-bond acceptors (Lipinski definition) is 2. The van der Waals surface area contributed by atoms with E-state index in [0.29, 0.717) is 18.4 Å².